The van der Waals surface area contributed by atoms with Crippen LogP contribution in [0, 0.1) is 12.5 Å². The molecule has 168 valence electrons. The molecule has 3 aromatic heterocycles. The van der Waals surface area contributed by atoms with Crippen molar-refractivity contribution >= 4 is 27.5 Å². The molecule has 0 N–H and O–H groups in total. The van der Waals surface area contributed by atoms with Crippen molar-refractivity contribution in [1.29, 1.82) is 0 Å². The minimum atomic E-state index is 0.644. The first-order valence-electron chi connectivity index (χ1n) is 11.7. The third kappa shape index (κ3) is 3.46. The van der Waals surface area contributed by atoms with Gasteiger partial charge in [-0.3, -0.25) is 9.67 Å². The number of hydrogen-bond donors (Lipinski definition) is 0. The van der Waals surface area contributed by atoms with Crippen LogP contribution in [0.5, 0.6) is 0 Å². The van der Waals surface area contributed by atoms with Crippen LogP contribution in [0.15, 0.2) is 67.1 Å². The summed E-state index contributed by atoms with van der Waals surface area (Å²) in [5, 5.41) is 6.69. The molecule has 1 aliphatic rings. The molecule has 2 aromatic carbocycles. The SMILES string of the molecule is [C-]#[N+]c1ccc(-c2c(-c3ccc4c(cnn4C)c3)ncc3c2ccn3C[C@@H]2CCN(C)C2)cc1. The number of fused-ring (bicyclic) bond motifs is 2. The number of rotatable bonds is 4. The number of aryl methyl sites for hydroxylation is 1. The van der Waals surface area contributed by atoms with Crippen molar-refractivity contribution in [3.63, 3.8) is 0 Å². The van der Waals surface area contributed by atoms with Gasteiger partial charge < -0.3 is 9.47 Å². The Balaban J connectivity index is 1.52. The zero-order valence-corrected chi connectivity index (χ0v) is 19.4. The van der Waals surface area contributed by atoms with Crippen molar-refractivity contribution in [2.24, 2.45) is 13.0 Å². The van der Waals surface area contributed by atoms with E-state index in [0.717, 1.165) is 51.9 Å². The van der Waals surface area contributed by atoms with Crippen LogP contribution in [0.3, 0.4) is 0 Å². The van der Waals surface area contributed by atoms with E-state index in [0.29, 0.717) is 11.6 Å². The van der Waals surface area contributed by atoms with E-state index in [2.05, 4.69) is 56.9 Å². The number of nitrogens with zero attached hydrogens (tertiary/aromatic N) is 6. The monoisotopic (exact) mass is 446 g/mol. The van der Waals surface area contributed by atoms with Crippen LogP contribution in [0.2, 0.25) is 0 Å². The maximum Gasteiger partial charge on any atom is 0.187 e. The van der Waals surface area contributed by atoms with Gasteiger partial charge in [0.25, 0.3) is 0 Å². The molecule has 5 aromatic rings. The molecule has 6 rings (SSSR count). The molecule has 0 amide bonds. The summed E-state index contributed by atoms with van der Waals surface area (Å²) in [5.74, 6) is 0.662. The second kappa shape index (κ2) is 8.12. The summed E-state index contributed by atoms with van der Waals surface area (Å²) in [5.41, 5.74) is 7.10. The maximum atomic E-state index is 7.33. The largest absolute Gasteiger partial charge is 0.346 e. The predicted molar refractivity (Wildman–Crippen MR) is 137 cm³/mol. The predicted octanol–water partition coefficient (Wildman–Crippen LogP) is 5.76. The van der Waals surface area contributed by atoms with E-state index in [1.807, 2.05) is 48.4 Å². The normalized spacial score (nSPS) is 16.4. The van der Waals surface area contributed by atoms with Gasteiger partial charge in [-0.05, 0) is 49.7 Å². The van der Waals surface area contributed by atoms with Gasteiger partial charge in [0.1, 0.15) is 0 Å². The quantitative estimate of drug-likeness (QED) is 0.330. The van der Waals surface area contributed by atoms with Crippen LogP contribution in [-0.4, -0.2) is 44.4 Å². The molecule has 1 fully saturated rings. The fourth-order valence-corrected chi connectivity index (χ4v) is 5.30. The molecular formula is C28H26N6. The second-order valence-electron chi connectivity index (χ2n) is 9.37. The summed E-state index contributed by atoms with van der Waals surface area (Å²) in [6.45, 7) is 10.6. The van der Waals surface area contributed by atoms with Crippen molar-refractivity contribution < 1.29 is 0 Å². The lowest BCUT2D eigenvalue weighted by Gasteiger charge is -2.15. The molecule has 0 aliphatic carbocycles. The third-order valence-corrected chi connectivity index (χ3v) is 7.08. The lowest BCUT2D eigenvalue weighted by molar-refractivity contribution is 0.380. The van der Waals surface area contributed by atoms with Crippen LogP contribution in [0.1, 0.15) is 6.42 Å². The summed E-state index contributed by atoms with van der Waals surface area (Å²) < 4.78 is 4.25. The average Bonchev–Trinajstić information content (AvgIpc) is 3.57. The van der Waals surface area contributed by atoms with Crippen molar-refractivity contribution in [3.8, 4) is 22.4 Å². The van der Waals surface area contributed by atoms with Crippen molar-refractivity contribution in [2.75, 3.05) is 20.1 Å². The summed E-state index contributed by atoms with van der Waals surface area (Å²) in [7, 11) is 4.16. The highest BCUT2D eigenvalue weighted by molar-refractivity contribution is 6.02. The molecule has 1 aliphatic heterocycles. The molecule has 0 saturated carbocycles. The lowest BCUT2D eigenvalue weighted by Crippen LogP contribution is -2.16. The molecule has 6 nitrogen and oxygen atoms in total. The number of likely N-dealkylation sites (tertiary alicyclic amines) is 1. The van der Waals surface area contributed by atoms with E-state index in [1.54, 1.807) is 0 Å². The van der Waals surface area contributed by atoms with Crippen molar-refractivity contribution in [1.82, 2.24) is 24.2 Å². The third-order valence-electron chi connectivity index (χ3n) is 7.08. The molecule has 0 unspecified atom stereocenters. The van der Waals surface area contributed by atoms with Crippen LogP contribution >= 0.6 is 0 Å². The van der Waals surface area contributed by atoms with Crippen LogP contribution in [0.4, 0.5) is 5.69 Å². The van der Waals surface area contributed by atoms with Gasteiger partial charge in [-0.2, -0.15) is 5.10 Å². The second-order valence-corrected chi connectivity index (χ2v) is 9.37. The topological polar surface area (TPSA) is 43.2 Å². The first-order valence-corrected chi connectivity index (χ1v) is 11.7. The molecule has 4 heterocycles. The fraction of sp³-hybridized carbons (Fsp3) is 0.250. The van der Waals surface area contributed by atoms with Gasteiger partial charge in [-0.1, -0.05) is 30.3 Å². The van der Waals surface area contributed by atoms with Gasteiger partial charge in [0.2, 0.25) is 0 Å². The molecule has 0 bridgehead atoms. The van der Waals surface area contributed by atoms with Crippen LogP contribution in [0.25, 0.3) is 49.0 Å². The zero-order valence-electron chi connectivity index (χ0n) is 19.4. The summed E-state index contributed by atoms with van der Waals surface area (Å²) in [4.78, 5) is 11.0. The highest BCUT2D eigenvalue weighted by atomic mass is 15.2. The molecule has 0 radical (unpaired) electrons. The fourth-order valence-electron chi connectivity index (χ4n) is 5.30. The Morgan fingerprint density at radius 2 is 1.82 bits per heavy atom. The summed E-state index contributed by atoms with van der Waals surface area (Å²) >= 11 is 0. The molecule has 1 saturated heterocycles. The molecule has 0 spiro atoms. The van der Waals surface area contributed by atoms with Gasteiger partial charge in [-0.25, -0.2) is 4.85 Å². The zero-order chi connectivity index (χ0) is 23.2. The highest BCUT2D eigenvalue weighted by Crippen LogP contribution is 2.38. The van der Waals surface area contributed by atoms with E-state index in [1.165, 1.54) is 18.4 Å². The van der Waals surface area contributed by atoms with E-state index in [9.17, 15) is 0 Å². The Kier molecular flexibility index (Phi) is 4.93. The minimum Gasteiger partial charge on any atom is -0.346 e. The van der Waals surface area contributed by atoms with Gasteiger partial charge >= 0.3 is 0 Å². The summed E-state index contributed by atoms with van der Waals surface area (Å²) in [6, 6.07) is 16.5. The molecule has 6 heteroatoms. The van der Waals surface area contributed by atoms with Crippen LogP contribution < -0.4 is 0 Å². The van der Waals surface area contributed by atoms with Crippen LogP contribution in [-0.2, 0) is 13.6 Å². The molecule has 34 heavy (non-hydrogen) atoms. The number of hydrogen-bond acceptors (Lipinski definition) is 3. The molecule has 1 atom stereocenters. The van der Waals surface area contributed by atoms with Gasteiger partial charge in [0.15, 0.2) is 5.69 Å². The molecular weight excluding hydrogens is 420 g/mol. The standard InChI is InChI=1S/C28H26N6/c1-29-23-7-4-20(5-8-23)27-24-11-13-34(18-19-10-12-32(2)17-19)26(24)16-30-28(27)21-6-9-25-22(14-21)15-31-33(25)3/h4-9,11,13-16,19H,10,12,17-18H2,2-3H3/t19-/m1/s1. The number of aromatic nitrogens is 4. The minimum absolute atomic E-state index is 0.644. The first kappa shape index (κ1) is 20.6. The van der Waals surface area contributed by atoms with Gasteiger partial charge in [0, 0.05) is 48.2 Å². The van der Waals surface area contributed by atoms with Gasteiger partial charge in [-0.15, -0.1) is 0 Å². The van der Waals surface area contributed by atoms with Gasteiger partial charge in [0.05, 0.1) is 35.7 Å². The highest BCUT2D eigenvalue weighted by Gasteiger charge is 2.22. The van der Waals surface area contributed by atoms with Crippen molar-refractivity contribution in [2.45, 2.75) is 13.0 Å². The first-order chi connectivity index (χ1) is 16.6. The van der Waals surface area contributed by atoms with E-state index in [4.69, 9.17) is 11.6 Å². The summed E-state index contributed by atoms with van der Waals surface area (Å²) in [6.07, 6.45) is 7.36. The Morgan fingerprint density at radius 3 is 2.59 bits per heavy atom. The Bertz CT molecular complexity index is 1550. The van der Waals surface area contributed by atoms with E-state index in [-0.39, 0.29) is 0 Å². The Labute approximate surface area is 198 Å². The van der Waals surface area contributed by atoms with Crippen molar-refractivity contribution in [3.05, 3.63) is 78.5 Å². The Hall–Kier alpha value is -3.95. The average molecular weight is 447 g/mol. The lowest BCUT2D eigenvalue weighted by atomic mass is 9.95. The van der Waals surface area contributed by atoms with E-state index >= 15 is 0 Å². The maximum absolute atomic E-state index is 7.33. The Morgan fingerprint density at radius 1 is 1.00 bits per heavy atom. The smallest absolute Gasteiger partial charge is 0.187 e. The number of benzene rings is 2. The number of pyridine rings is 1. The van der Waals surface area contributed by atoms with E-state index < -0.39 is 0 Å².